The molecule has 47 heavy (non-hydrogen) atoms. The highest BCUT2D eigenvalue weighted by Gasteiger charge is 2.36. The first-order valence-electron chi connectivity index (χ1n) is 15.2. The quantitative estimate of drug-likeness (QED) is 0.156. The molecule has 0 saturated carbocycles. The first-order chi connectivity index (χ1) is 22.6. The predicted molar refractivity (Wildman–Crippen MR) is 187 cm³/mol. The highest BCUT2D eigenvalue weighted by Crippen LogP contribution is 2.36. The standard InChI is InChI=1S/C36H40BrN3O6S/c1-5-26(2)38-36(42)33(22-27-13-8-6-9-14-27)39(24-28-15-12-16-29(37)21-28)35(41)25-40(47(43,44)31-17-10-7-11-18-31)32-23-30(45-3)19-20-34(32)46-4/h6-21,23,26,33H,5,22,24-25H2,1-4H3,(H,38,42)/t26-,33-/m1/s1. The van der Waals surface area contributed by atoms with Gasteiger partial charge in [-0.1, -0.05) is 83.5 Å². The predicted octanol–water partition coefficient (Wildman–Crippen LogP) is 6.22. The number of carbonyl (C=O) groups excluding carboxylic acids is 2. The van der Waals surface area contributed by atoms with Crippen molar-refractivity contribution in [2.24, 2.45) is 0 Å². The monoisotopic (exact) mass is 721 g/mol. The van der Waals surface area contributed by atoms with Crippen molar-refractivity contribution in [1.82, 2.24) is 10.2 Å². The molecule has 0 unspecified atom stereocenters. The van der Waals surface area contributed by atoms with Gasteiger partial charge >= 0.3 is 0 Å². The maximum atomic E-state index is 14.7. The summed E-state index contributed by atoms with van der Waals surface area (Å²) in [6.07, 6.45) is 0.916. The van der Waals surface area contributed by atoms with Crippen LogP contribution in [0.2, 0.25) is 0 Å². The number of halogens is 1. The van der Waals surface area contributed by atoms with Crippen LogP contribution in [0.25, 0.3) is 0 Å². The van der Waals surface area contributed by atoms with Gasteiger partial charge in [-0.3, -0.25) is 13.9 Å². The van der Waals surface area contributed by atoms with Crippen LogP contribution in [0.15, 0.2) is 112 Å². The molecule has 0 aliphatic rings. The zero-order valence-electron chi connectivity index (χ0n) is 26.9. The van der Waals surface area contributed by atoms with Gasteiger partial charge < -0.3 is 19.7 Å². The van der Waals surface area contributed by atoms with Gasteiger partial charge in [-0.15, -0.1) is 0 Å². The van der Waals surface area contributed by atoms with E-state index in [-0.39, 0.29) is 41.2 Å². The lowest BCUT2D eigenvalue weighted by atomic mass is 10.0. The highest BCUT2D eigenvalue weighted by atomic mass is 79.9. The average Bonchev–Trinajstić information content (AvgIpc) is 3.09. The summed E-state index contributed by atoms with van der Waals surface area (Å²) in [6, 6.07) is 28.4. The molecule has 4 aromatic carbocycles. The largest absolute Gasteiger partial charge is 0.497 e. The normalized spacial score (nSPS) is 12.4. The van der Waals surface area contributed by atoms with Gasteiger partial charge in [0.2, 0.25) is 11.8 Å². The van der Waals surface area contributed by atoms with Crippen LogP contribution in [0.4, 0.5) is 5.69 Å². The van der Waals surface area contributed by atoms with Crippen molar-refractivity contribution >= 4 is 43.5 Å². The van der Waals surface area contributed by atoms with Crippen LogP contribution in [0, 0.1) is 0 Å². The Hall–Kier alpha value is -4.35. The highest BCUT2D eigenvalue weighted by molar-refractivity contribution is 9.10. The Bertz CT molecular complexity index is 1760. The smallest absolute Gasteiger partial charge is 0.264 e. The number of anilines is 1. The van der Waals surface area contributed by atoms with Crippen molar-refractivity contribution in [1.29, 1.82) is 0 Å². The first-order valence-corrected chi connectivity index (χ1v) is 17.5. The minimum atomic E-state index is -4.31. The fourth-order valence-electron chi connectivity index (χ4n) is 5.05. The van der Waals surface area contributed by atoms with Crippen molar-refractivity contribution in [3.63, 3.8) is 0 Å². The van der Waals surface area contributed by atoms with Crippen LogP contribution in [0.5, 0.6) is 11.5 Å². The Balaban J connectivity index is 1.86. The fraction of sp³-hybridized carbons (Fsp3) is 0.278. The summed E-state index contributed by atoms with van der Waals surface area (Å²) in [6.45, 7) is 3.31. The summed E-state index contributed by atoms with van der Waals surface area (Å²) in [5.74, 6) is -0.299. The van der Waals surface area contributed by atoms with Gasteiger partial charge in [0.15, 0.2) is 0 Å². The van der Waals surface area contributed by atoms with E-state index in [1.165, 1.54) is 37.3 Å². The number of nitrogens with one attached hydrogen (secondary N) is 1. The number of ether oxygens (including phenoxy) is 2. The Labute approximate surface area is 285 Å². The summed E-state index contributed by atoms with van der Waals surface area (Å²) in [5, 5.41) is 3.05. The average molecular weight is 723 g/mol. The van der Waals surface area contributed by atoms with Gasteiger partial charge in [-0.25, -0.2) is 8.42 Å². The van der Waals surface area contributed by atoms with Gasteiger partial charge in [-0.05, 0) is 60.9 Å². The lowest BCUT2D eigenvalue weighted by molar-refractivity contribution is -0.140. The van der Waals surface area contributed by atoms with Crippen molar-refractivity contribution < 1.29 is 27.5 Å². The molecule has 0 aromatic heterocycles. The Morgan fingerprint density at radius 1 is 0.851 bits per heavy atom. The first kappa shape index (κ1) is 35.5. The number of hydrogen-bond acceptors (Lipinski definition) is 6. The molecule has 2 amide bonds. The van der Waals surface area contributed by atoms with E-state index in [1.54, 1.807) is 30.3 Å². The van der Waals surface area contributed by atoms with Crippen LogP contribution in [0.1, 0.15) is 31.4 Å². The summed E-state index contributed by atoms with van der Waals surface area (Å²) < 4.78 is 41.4. The fourth-order valence-corrected chi connectivity index (χ4v) is 6.94. The molecule has 9 nitrogen and oxygen atoms in total. The van der Waals surface area contributed by atoms with E-state index < -0.39 is 28.5 Å². The van der Waals surface area contributed by atoms with Gasteiger partial charge in [0.25, 0.3) is 10.0 Å². The van der Waals surface area contributed by atoms with Gasteiger partial charge in [0.1, 0.15) is 24.1 Å². The van der Waals surface area contributed by atoms with Crippen LogP contribution in [-0.2, 0) is 32.6 Å². The zero-order valence-corrected chi connectivity index (χ0v) is 29.3. The minimum absolute atomic E-state index is 0.00781. The van der Waals surface area contributed by atoms with Crippen LogP contribution < -0.4 is 19.1 Å². The van der Waals surface area contributed by atoms with E-state index in [9.17, 15) is 18.0 Å². The van der Waals surface area contributed by atoms with Crippen LogP contribution in [0.3, 0.4) is 0 Å². The second kappa shape index (κ2) is 16.5. The van der Waals surface area contributed by atoms with Crippen molar-refractivity contribution in [2.45, 2.75) is 50.2 Å². The molecule has 11 heteroatoms. The number of hydrogen-bond donors (Lipinski definition) is 1. The molecular weight excluding hydrogens is 682 g/mol. The summed E-state index contributed by atoms with van der Waals surface area (Å²) >= 11 is 3.51. The maximum absolute atomic E-state index is 14.7. The molecule has 0 bridgehead atoms. The van der Waals surface area contributed by atoms with E-state index in [2.05, 4.69) is 21.2 Å². The SMILES string of the molecule is CC[C@@H](C)NC(=O)[C@@H](Cc1ccccc1)N(Cc1cccc(Br)c1)C(=O)CN(c1cc(OC)ccc1OC)S(=O)(=O)c1ccccc1. The van der Waals surface area contributed by atoms with Crippen molar-refractivity contribution in [3.05, 3.63) is 119 Å². The number of benzene rings is 4. The second-order valence-corrected chi connectivity index (χ2v) is 13.8. The molecule has 0 fully saturated rings. The molecule has 0 aliphatic heterocycles. The zero-order chi connectivity index (χ0) is 34.0. The van der Waals surface area contributed by atoms with E-state index in [4.69, 9.17) is 9.47 Å². The van der Waals surface area contributed by atoms with E-state index in [0.717, 1.165) is 19.9 Å². The number of sulfonamides is 1. The molecule has 248 valence electrons. The van der Waals surface area contributed by atoms with E-state index >= 15 is 0 Å². The summed E-state index contributed by atoms with van der Waals surface area (Å²) in [4.78, 5) is 30.1. The molecule has 0 aliphatic carbocycles. The maximum Gasteiger partial charge on any atom is 0.264 e. The van der Waals surface area contributed by atoms with Crippen LogP contribution >= 0.6 is 15.9 Å². The summed E-state index contributed by atoms with van der Waals surface area (Å²) in [7, 11) is -1.41. The third-order valence-corrected chi connectivity index (χ3v) is 10.0. The minimum Gasteiger partial charge on any atom is -0.497 e. The Morgan fingerprint density at radius 2 is 1.51 bits per heavy atom. The second-order valence-electron chi connectivity index (χ2n) is 11.0. The van der Waals surface area contributed by atoms with Gasteiger partial charge in [-0.2, -0.15) is 0 Å². The molecule has 4 rings (SSSR count). The molecule has 4 aromatic rings. The van der Waals surface area contributed by atoms with Crippen molar-refractivity contribution in [3.8, 4) is 11.5 Å². The lowest BCUT2D eigenvalue weighted by Gasteiger charge is -2.34. The van der Waals surface area contributed by atoms with Crippen LogP contribution in [-0.4, -0.2) is 58.0 Å². The Morgan fingerprint density at radius 3 is 2.13 bits per heavy atom. The lowest BCUT2D eigenvalue weighted by Crippen LogP contribution is -2.54. The number of rotatable bonds is 15. The molecule has 0 saturated heterocycles. The molecule has 0 spiro atoms. The topological polar surface area (TPSA) is 105 Å². The Kier molecular flexibility index (Phi) is 12.4. The van der Waals surface area contributed by atoms with Gasteiger partial charge in [0.05, 0.1) is 24.8 Å². The third-order valence-electron chi connectivity index (χ3n) is 7.78. The third kappa shape index (κ3) is 9.14. The number of methoxy groups -OCH3 is 2. The van der Waals surface area contributed by atoms with E-state index in [1.807, 2.05) is 68.4 Å². The summed E-state index contributed by atoms with van der Waals surface area (Å²) in [5.41, 5.74) is 1.74. The van der Waals surface area contributed by atoms with E-state index in [0.29, 0.717) is 12.2 Å². The van der Waals surface area contributed by atoms with Gasteiger partial charge in [0, 0.05) is 29.5 Å². The number of carbonyl (C=O) groups is 2. The number of amides is 2. The molecule has 1 N–H and O–H groups in total. The van der Waals surface area contributed by atoms with Crippen molar-refractivity contribution in [2.75, 3.05) is 25.1 Å². The molecular formula is C36H40BrN3O6S. The number of nitrogens with zero attached hydrogens (tertiary/aromatic N) is 2. The molecule has 2 atom stereocenters. The molecule has 0 heterocycles. The molecule has 0 radical (unpaired) electrons.